The molecule has 56 valence electrons. The zero-order chi connectivity index (χ0) is 6.83. The summed E-state index contributed by atoms with van der Waals surface area (Å²) >= 11 is 0. The smallest absolute Gasteiger partial charge is 1.00 e. The Hall–Kier alpha value is 2.34. The van der Waals surface area contributed by atoms with E-state index in [0.29, 0.717) is 0 Å². The van der Waals surface area contributed by atoms with Crippen LogP contribution in [-0.4, -0.2) is 71.9 Å². The van der Waals surface area contributed by atoms with Crippen molar-refractivity contribution in [3.05, 3.63) is 13.8 Å². The summed E-state index contributed by atoms with van der Waals surface area (Å²) in [5.74, 6) is 0. The molecule has 0 aromatic heterocycles. The summed E-state index contributed by atoms with van der Waals surface area (Å²) in [6.07, 6.45) is 4.56. The van der Waals surface area contributed by atoms with E-state index < -0.39 is 0 Å². The molecule has 0 saturated heterocycles. The maximum Gasteiger partial charge on any atom is 2.00 e. The first-order valence-electron chi connectivity index (χ1n) is 3.41. The van der Waals surface area contributed by atoms with E-state index in [4.69, 9.17) is 0 Å². The van der Waals surface area contributed by atoms with Gasteiger partial charge in [-0.05, 0) is 0 Å². The monoisotopic (exact) mass is 278 g/mol. The fourth-order valence-electron chi connectivity index (χ4n) is 0. The van der Waals surface area contributed by atoms with Crippen molar-refractivity contribution in [1.82, 2.24) is 0 Å². The molecule has 0 spiro atoms. The molecule has 0 aromatic rings. The normalized spacial score (nSPS) is 6.00. The minimum absolute atomic E-state index is 0. The molecule has 10 heavy (non-hydrogen) atoms. The summed E-state index contributed by atoms with van der Waals surface area (Å²) < 4.78 is 0. The molecule has 0 fully saturated rings. The van der Waals surface area contributed by atoms with E-state index in [0.717, 1.165) is 12.8 Å². The average Bonchev–Trinajstić information content (AvgIpc) is 1.88. The van der Waals surface area contributed by atoms with Gasteiger partial charge in [0, 0.05) is 0 Å². The Morgan fingerprint density at radius 3 is 1.10 bits per heavy atom. The first-order chi connectivity index (χ1) is 3.83. The van der Waals surface area contributed by atoms with Crippen LogP contribution in [0.3, 0.4) is 0 Å². The predicted molar refractivity (Wildman–Crippen MR) is 54.3 cm³/mol. The van der Waals surface area contributed by atoms with E-state index in [1.54, 1.807) is 0 Å². The Kier molecular flexibility index (Phi) is 68.8. The molecule has 0 aliphatic carbocycles. The summed E-state index contributed by atoms with van der Waals surface area (Å²) in [7, 11) is 0. The zero-order valence-electron chi connectivity index (χ0n) is 9.66. The third-order valence-electron chi connectivity index (χ3n) is 0.707. The SMILES string of the molecule is [Ba+2].[CH2-]CCC.[CH2-]CCC.[H-].[H-].[Mg+2]. The van der Waals surface area contributed by atoms with Crippen molar-refractivity contribution in [3.63, 3.8) is 0 Å². The molecule has 0 bridgehead atoms. The molecule has 0 saturated carbocycles. The molecule has 0 atom stereocenters. The molecule has 0 aromatic carbocycles. The van der Waals surface area contributed by atoms with Crippen LogP contribution in [0.4, 0.5) is 0 Å². The fraction of sp³-hybridized carbons (Fsp3) is 0.750. The van der Waals surface area contributed by atoms with Crippen molar-refractivity contribution in [3.8, 4) is 0 Å². The van der Waals surface area contributed by atoms with Crippen molar-refractivity contribution in [2.24, 2.45) is 0 Å². The van der Waals surface area contributed by atoms with Gasteiger partial charge in [0.1, 0.15) is 0 Å². The zero-order valence-corrected chi connectivity index (χ0v) is 13.5. The molecule has 0 unspecified atom stereocenters. The maximum atomic E-state index is 3.60. The van der Waals surface area contributed by atoms with Crippen LogP contribution in [0.5, 0.6) is 0 Å². The van der Waals surface area contributed by atoms with Crippen LogP contribution in [0.1, 0.15) is 42.4 Å². The van der Waals surface area contributed by atoms with Gasteiger partial charge in [-0.3, -0.25) is 0 Å². The van der Waals surface area contributed by atoms with Crippen LogP contribution >= 0.6 is 0 Å². The molecule has 0 N–H and O–H groups in total. The summed E-state index contributed by atoms with van der Waals surface area (Å²) in [6, 6.07) is 0. The molecular weight excluding hydrogens is 258 g/mol. The molecular formula is C8H20BaMg. The van der Waals surface area contributed by atoms with Crippen LogP contribution in [0.15, 0.2) is 0 Å². The van der Waals surface area contributed by atoms with E-state index in [-0.39, 0.29) is 74.8 Å². The Morgan fingerprint density at radius 1 is 1.00 bits per heavy atom. The third kappa shape index (κ3) is 47.9. The van der Waals surface area contributed by atoms with Crippen molar-refractivity contribution < 1.29 is 2.85 Å². The average molecular weight is 278 g/mol. The first-order valence-corrected chi connectivity index (χ1v) is 3.41. The van der Waals surface area contributed by atoms with Crippen molar-refractivity contribution in [2.45, 2.75) is 39.5 Å². The number of unbranched alkanes of at least 4 members (excludes halogenated alkanes) is 2. The molecule has 0 rings (SSSR count). The Morgan fingerprint density at radius 2 is 1.10 bits per heavy atom. The van der Waals surface area contributed by atoms with Crippen LogP contribution < -0.4 is 0 Å². The van der Waals surface area contributed by atoms with Gasteiger partial charge in [-0.25, -0.2) is 0 Å². The Balaban J connectivity index is -0.0000000112. The van der Waals surface area contributed by atoms with E-state index in [2.05, 4.69) is 27.7 Å². The Bertz CT molecular complexity index is 25.0. The molecule has 0 radical (unpaired) electrons. The summed E-state index contributed by atoms with van der Waals surface area (Å²) in [5, 5.41) is 0. The van der Waals surface area contributed by atoms with Crippen molar-refractivity contribution in [1.29, 1.82) is 0 Å². The van der Waals surface area contributed by atoms with Crippen LogP contribution in [0.2, 0.25) is 0 Å². The standard InChI is InChI=1S/2C4H9.Ba.Mg.2H/c2*1-3-4-2;;;;/h2*1,3-4H2,2H3;;;;/q2*-1;2*+2;2*-1. The van der Waals surface area contributed by atoms with Crippen LogP contribution in [0, 0.1) is 13.8 Å². The van der Waals surface area contributed by atoms with Gasteiger partial charge in [-0.2, -0.15) is 12.8 Å². The largest absolute Gasteiger partial charge is 2.00 e. The van der Waals surface area contributed by atoms with Crippen LogP contribution in [-0.2, 0) is 0 Å². The number of hydrogen-bond acceptors (Lipinski definition) is 0. The number of hydrogen-bond donors (Lipinski definition) is 0. The molecule has 0 heterocycles. The Labute approximate surface area is 126 Å². The second-order valence-electron chi connectivity index (χ2n) is 1.71. The topological polar surface area (TPSA) is 0 Å². The van der Waals surface area contributed by atoms with E-state index in [9.17, 15) is 0 Å². The van der Waals surface area contributed by atoms with Gasteiger partial charge in [0.05, 0.1) is 0 Å². The van der Waals surface area contributed by atoms with Gasteiger partial charge in [0.25, 0.3) is 0 Å². The van der Waals surface area contributed by atoms with Gasteiger partial charge < -0.3 is 16.7 Å². The second-order valence-corrected chi connectivity index (χ2v) is 1.71. The first kappa shape index (κ1) is 22.8. The van der Waals surface area contributed by atoms with Crippen LogP contribution in [0.25, 0.3) is 0 Å². The molecule has 2 heteroatoms. The van der Waals surface area contributed by atoms with Crippen molar-refractivity contribution >= 4 is 71.9 Å². The van der Waals surface area contributed by atoms with Gasteiger partial charge in [-0.1, -0.05) is 26.7 Å². The second kappa shape index (κ2) is 30.2. The van der Waals surface area contributed by atoms with Gasteiger partial charge in [0.2, 0.25) is 0 Å². The van der Waals surface area contributed by atoms with Crippen molar-refractivity contribution in [2.75, 3.05) is 0 Å². The molecule has 0 nitrogen and oxygen atoms in total. The molecule has 0 aliphatic rings. The molecule has 0 aliphatic heterocycles. The molecule has 0 amide bonds. The minimum atomic E-state index is 0. The third-order valence-corrected chi connectivity index (χ3v) is 0.707. The summed E-state index contributed by atoms with van der Waals surface area (Å²) in [4.78, 5) is 0. The minimum Gasteiger partial charge on any atom is -1.00 e. The fourth-order valence-corrected chi connectivity index (χ4v) is 0. The van der Waals surface area contributed by atoms with Gasteiger partial charge >= 0.3 is 71.9 Å². The van der Waals surface area contributed by atoms with E-state index in [1.165, 1.54) is 12.8 Å². The number of rotatable bonds is 2. The summed E-state index contributed by atoms with van der Waals surface area (Å²) in [6.45, 7) is 11.4. The maximum absolute atomic E-state index is 3.60. The summed E-state index contributed by atoms with van der Waals surface area (Å²) in [5.41, 5.74) is 0. The van der Waals surface area contributed by atoms with Gasteiger partial charge in [0.15, 0.2) is 0 Å². The quantitative estimate of drug-likeness (QED) is 0.538. The van der Waals surface area contributed by atoms with E-state index >= 15 is 0 Å². The predicted octanol–water partition coefficient (Wildman–Crippen LogP) is 2.70. The van der Waals surface area contributed by atoms with Gasteiger partial charge in [-0.15, -0.1) is 0 Å². The van der Waals surface area contributed by atoms with E-state index in [1.807, 2.05) is 0 Å².